The maximum Gasteiger partial charge on any atom is 0.320 e. The van der Waals surface area contributed by atoms with Crippen LogP contribution in [0.3, 0.4) is 0 Å². The summed E-state index contributed by atoms with van der Waals surface area (Å²) in [5.41, 5.74) is -0.734. The Morgan fingerprint density at radius 3 is 3.46 bits per heavy atom. The van der Waals surface area contributed by atoms with Gasteiger partial charge in [0.2, 0.25) is 0 Å². The summed E-state index contributed by atoms with van der Waals surface area (Å²) < 4.78 is 58.3. The van der Waals surface area contributed by atoms with Crippen molar-refractivity contribution in [3.8, 4) is 5.75 Å². The maximum absolute atomic E-state index is 11.4. The Morgan fingerprint density at radius 1 is 1.85 bits per heavy atom. The van der Waals surface area contributed by atoms with Gasteiger partial charge in [-0.15, -0.1) is 0 Å². The molecule has 4 N–H and O–H groups in total. The first-order valence-electron chi connectivity index (χ1n) is 7.07. The summed E-state index contributed by atoms with van der Waals surface area (Å²) in [6.07, 6.45) is -2.74. The zero-order valence-electron chi connectivity index (χ0n) is 14.4. The topological polar surface area (TPSA) is 83.5 Å². The molecule has 0 amide bonds. The molecule has 0 aliphatic heterocycles. The minimum atomic E-state index is -2.74. The fourth-order valence-corrected chi connectivity index (χ4v) is 0.662. The molecule has 13 heavy (non-hydrogen) atoms. The molecule has 4 heteroatoms. The Hall–Kier alpha value is -1.55. The third kappa shape index (κ3) is 2.76. The quantitative estimate of drug-likeness (QED) is 0.624. The van der Waals surface area contributed by atoms with Gasteiger partial charge < -0.3 is 15.9 Å². The molecule has 0 spiro atoms. The fraction of sp³-hybridized carbons (Fsp3) is 0.222. The van der Waals surface area contributed by atoms with Gasteiger partial charge in [0.15, 0.2) is 0 Å². The number of aliphatic carboxylic acids is 1. The van der Waals surface area contributed by atoms with E-state index in [2.05, 4.69) is 10.2 Å². The first-order chi connectivity index (χ1) is 9.68. The van der Waals surface area contributed by atoms with Crippen LogP contribution in [0.1, 0.15) is 11.0 Å². The van der Waals surface area contributed by atoms with E-state index in [0.29, 0.717) is 0 Å². The molecule has 1 aromatic carbocycles. The van der Waals surface area contributed by atoms with Gasteiger partial charge in [-0.3, -0.25) is 4.79 Å². The first-order valence-corrected chi connectivity index (χ1v) is 3.36. The summed E-state index contributed by atoms with van der Waals surface area (Å²) in [5.74, 6) is -1.77. The van der Waals surface area contributed by atoms with E-state index in [0.717, 1.165) is 12.1 Å². The average Bonchev–Trinajstić information content (AvgIpc) is 2.40. The smallest absolute Gasteiger partial charge is 0.320 e. The molecule has 0 aromatic heterocycles. The molecular weight excluding hydrogens is 170 g/mol. The van der Waals surface area contributed by atoms with E-state index in [4.69, 9.17) is 11.2 Å². The number of rotatable bonds is 5. The molecule has 0 aliphatic carbocycles. The second-order valence-corrected chi connectivity index (χ2v) is 2.23. The largest absolute Gasteiger partial charge is 0.508 e. The summed E-state index contributed by atoms with van der Waals surface area (Å²) in [4.78, 5) is 11.4. The second-order valence-electron chi connectivity index (χ2n) is 2.23. The molecule has 0 heterocycles. The highest BCUT2D eigenvalue weighted by molar-refractivity contribution is 5.73. The van der Waals surface area contributed by atoms with Gasteiger partial charge in [-0.1, -0.05) is 12.1 Å². The number of aromatic hydroxyl groups is 1. The van der Waals surface area contributed by atoms with E-state index in [1.54, 1.807) is 0 Å². The van der Waals surface area contributed by atoms with Gasteiger partial charge in [0.25, 0.3) is 2.86 Å². The molecule has 1 atom stereocenters. The van der Waals surface area contributed by atoms with Crippen LogP contribution in [0.4, 0.5) is 0 Å². The average molecular weight is 189 g/mol. The van der Waals surface area contributed by atoms with Gasteiger partial charge in [-0.2, -0.15) is 0 Å². The molecule has 0 bridgehead atoms. The van der Waals surface area contributed by atoms with Gasteiger partial charge >= 0.3 is 5.97 Å². The van der Waals surface area contributed by atoms with Crippen molar-refractivity contribution in [2.45, 2.75) is 12.4 Å². The Bertz CT molecular complexity index is 538. The van der Waals surface area contributed by atoms with Gasteiger partial charge in [-0.05, 0) is 24.0 Å². The lowest BCUT2D eigenvalue weighted by Gasteiger charge is -2.05. The number of hydrogen-bond donors (Lipinski definition) is 3. The number of benzene rings is 1. The molecular formula is C9H11NO3. The van der Waals surface area contributed by atoms with E-state index in [1.807, 2.05) is 0 Å². The highest BCUT2D eigenvalue weighted by atomic mass is 16.4. The van der Waals surface area contributed by atoms with Crippen LogP contribution in [-0.2, 0) is 11.2 Å². The molecule has 0 saturated carbocycles. The van der Waals surface area contributed by atoms with Crippen LogP contribution in [-0.4, -0.2) is 23.7 Å². The summed E-state index contributed by atoms with van der Waals surface area (Å²) in [7, 11) is 0. The Kier molecular flexibility index (Phi) is 0.994. The summed E-state index contributed by atoms with van der Waals surface area (Å²) in [5, 5.41) is 7.71. The fourth-order valence-electron chi connectivity index (χ4n) is 0.662. The summed E-state index contributed by atoms with van der Waals surface area (Å²) in [6.45, 7) is 0. The van der Waals surface area contributed by atoms with E-state index in [9.17, 15) is 4.79 Å². The molecule has 0 fully saturated rings. The predicted molar refractivity (Wildman–Crippen MR) is 47.4 cm³/mol. The van der Waals surface area contributed by atoms with Crippen LogP contribution in [0.5, 0.6) is 5.75 Å². The van der Waals surface area contributed by atoms with Crippen LogP contribution in [0.2, 0.25) is 2.82 Å². The molecule has 0 aliphatic rings. The van der Waals surface area contributed by atoms with Crippen molar-refractivity contribution in [3.63, 3.8) is 0 Å². The monoisotopic (exact) mass is 189 g/mol. The van der Waals surface area contributed by atoms with E-state index < -0.39 is 36.0 Å². The Balaban J connectivity index is 3.41. The normalized spacial score (nSPS) is 21.9. The molecule has 1 rings (SSSR count). The predicted octanol–water partition coefficient (Wildman–Crippen LogP) is 0.347. The van der Waals surface area contributed by atoms with Gasteiger partial charge in [0.05, 0.1) is 2.74 Å². The second kappa shape index (κ2) is 3.91. The maximum atomic E-state index is 11.4. The number of hydrogen-bond acceptors (Lipinski definition) is 4. The highest BCUT2D eigenvalue weighted by Crippen LogP contribution is 2.10. The lowest BCUT2D eigenvalue weighted by Crippen LogP contribution is -2.32. The van der Waals surface area contributed by atoms with E-state index >= 15 is 0 Å². The van der Waals surface area contributed by atoms with Crippen molar-refractivity contribution < 1.29 is 23.3 Å². The standard InChI is InChI=1S/C9H11NO3/c10-8(9(12)13)5-6-1-3-7(11)4-2-6/h1-4,8,11H,5,10H2,(H,12,13)/t8-/m0/s1/i1D,3D,5D2/hD4. The van der Waals surface area contributed by atoms with Crippen LogP contribution < -0.4 is 5.72 Å². The zero-order valence-corrected chi connectivity index (χ0v) is 6.40. The number of carbonyl (C=O) groups is 1. The third-order valence-electron chi connectivity index (χ3n) is 1.24. The van der Waals surface area contributed by atoms with Gasteiger partial charge in [-0.25, -0.2) is 0 Å². The van der Waals surface area contributed by atoms with Gasteiger partial charge in [0, 0.05) is 2.74 Å². The number of phenolic OH excluding ortho intramolecular Hbond substituents is 1. The molecule has 4 nitrogen and oxygen atoms in total. The van der Waals surface area contributed by atoms with Crippen molar-refractivity contribution in [2.24, 2.45) is 5.72 Å². The molecule has 1 aromatic rings. The number of phenols is 1. The van der Waals surface area contributed by atoms with Crippen LogP contribution in [0, 0.1) is 0 Å². The number of nitrogens with two attached hydrogens (primary N) is 1. The lowest BCUT2D eigenvalue weighted by atomic mass is 10.1. The number of carboxylic acids is 1. The molecule has 0 radical (unpaired) electrons. The molecule has 70 valence electrons. The zero-order chi connectivity index (χ0) is 16.4. The molecule has 0 saturated heterocycles. The minimum Gasteiger partial charge on any atom is -0.508 e. The minimum absolute atomic E-state index is 0.269. The Morgan fingerprint density at radius 2 is 2.77 bits per heavy atom. The van der Waals surface area contributed by atoms with Crippen molar-refractivity contribution in [1.82, 2.24) is 0 Å². The Labute approximate surface area is 87.1 Å². The van der Waals surface area contributed by atoms with Crippen molar-refractivity contribution in [2.75, 3.05) is 0 Å². The first kappa shape index (κ1) is 3.31. The van der Waals surface area contributed by atoms with Crippen molar-refractivity contribution >= 4 is 5.97 Å². The van der Waals surface area contributed by atoms with Crippen molar-refractivity contribution in [3.05, 3.63) is 29.8 Å². The van der Waals surface area contributed by atoms with Crippen LogP contribution in [0.25, 0.3) is 1.43 Å². The summed E-state index contributed by atoms with van der Waals surface area (Å²) in [6, 6.07) is -1.29. The number of carboxylic acid groups (broad SMARTS) is 1. The highest BCUT2D eigenvalue weighted by Gasteiger charge is 2.11. The third-order valence-corrected chi connectivity index (χ3v) is 1.24. The van der Waals surface area contributed by atoms with E-state index in [1.165, 1.54) is 0 Å². The van der Waals surface area contributed by atoms with Crippen LogP contribution >= 0.6 is 0 Å². The SMILES string of the molecule is [2H]OC(=O)[C@@H](N([2H])[2H])C([2H])([2H])c1ccc(O[2H])c([2H])c1[2H]. The van der Waals surface area contributed by atoms with Crippen molar-refractivity contribution in [1.29, 1.82) is 2.86 Å². The molecule has 0 unspecified atom stereocenters. The lowest BCUT2D eigenvalue weighted by molar-refractivity contribution is -0.138. The van der Waals surface area contributed by atoms with E-state index in [-0.39, 0.29) is 11.5 Å². The summed E-state index contributed by atoms with van der Waals surface area (Å²) >= 11 is 0. The van der Waals surface area contributed by atoms with Gasteiger partial charge in [0.1, 0.15) is 14.6 Å². The van der Waals surface area contributed by atoms with Crippen LogP contribution in [0.15, 0.2) is 24.2 Å².